The van der Waals surface area contributed by atoms with Gasteiger partial charge in [0.05, 0.1) is 13.2 Å². The van der Waals surface area contributed by atoms with Gasteiger partial charge in [-0.25, -0.2) is 8.42 Å². The van der Waals surface area contributed by atoms with E-state index in [1.54, 1.807) is 31.0 Å². The summed E-state index contributed by atoms with van der Waals surface area (Å²) >= 11 is 0. The Balaban J connectivity index is 1.98. The third kappa shape index (κ3) is 5.94. The minimum absolute atomic E-state index is 0.0621. The molecule has 0 radical (unpaired) electrons. The number of rotatable bonds is 6. The Kier molecular flexibility index (Phi) is 8.66. The molecular weight excluding hydrogens is 452 g/mol. The van der Waals surface area contributed by atoms with E-state index in [0.29, 0.717) is 18.0 Å². The van der Waals surface area contributed by atoms with E-state index in [1.807, 2.05) is 6.92 Å². The Morgan fingerprint density at radius 2 is 2.00 bits per heavy atom. The van der Waals surface area contributed by atoms with Crippen LogP contribution in [0.1, 0.15) is 58.9 Å². The number of fused-ring (bicyclic) bond motifs is 1. The molecule has 1 aliphatic carbocycles. The van der Waals surface area contributed by atoms with Crippen LogP contribution in [0.25, 0.3) is 0 Å². The zero-order chi connectivity index (χ0) is 25.0. The molecule has 0 aromatic heterocycles. The van der Waals surface area contributed by atoms with Crippen molar-refractivity contribution in [3.8, 4) is 17.6 Å². The number of ether oxygens (including phenoxy) is 1. The molecule has 0 bridgehead atoms. The van der Waals surface area contributed by atoms with Crippen LogP contribution in [0.3, 0.4) is 0 Å². The van der Waals surface area contributed by atoms with E-state index in [4.69, 9.17) is 4.74 Å². The summed E-state index contributed by atoms with van der Waals surface area (Å²) in [6.07, 6.45) is 3.26. The van der Waals surface area contributed by atoms with Gasteiger partial charge in [0, 0.05) is 43.5 Å². The van der Waals surface area contributed by atoms with Gasteiger partial charge in [-0.2, -0.15) is 4.31 Å². The summed E-state index contributed by atoms with van der Waals surface area (Å²) in [6, 6.07) is 4.33. The molecule has 1 fully saturated rings. The van der Waals surface area contributed by atoms with Gasteiger partial charge in [-0.05, 0) is 43.9 Å². The van der Waals surface area contributed by atoms with Crippen molar-refractivity contribution >= 4 is 15.9 Å². The van der Waals surface area contributed by atoms with Crippen LogP contribution in [0.15, 0.2) is 23.1 Å². The number of likely N-dealkylation sites (N-methyl/N-ethyl adjacent to an activating group) is 1. The molecule has 8 heteroatoms. The van der Waals surface area contributed by atoms with Crippen LogP contribution in [-0.4, -0.2) is 67.5 Å². The molecule has 188 valence electrons. The smallest absolute Gasteiger partial charge is 0.247 e. The second-order valence-corrected chi connectivity index (χ2v) is 12.0. The zero-order valence-electron chi connectivity index (χ0n) is 21.0. The number of benzene rings is 1. The second kappa shape index (κ2) is 11.1. The fourth-order valence-corrected chi connectivity index (χ4v) is 6.03. The third-order valence-corrected chi connectivity index (χ3v) is 8.71. The van der Waals surface area contributed by atoms with E-state index in [0.717, 1.165) is 25.7 Å². The molecule has 1 amide bonds. The van der Waals surface area contributed by atoms with E-state index < -0.39 is 22.2 Å². The molecule has 1 N–H and O–H groups in total. The van der Waals surface area contributed by atoms with Crippen LogP contribution < -0.4 is 4.74 Å². The molecule has 1 aromatic rings. The number of hydrogen-bond donors (Lipinski definition) is 1. The number of sulfonamides is 1. The summed E-state index contributed by atoms with van der Waals surface area (Å²) in [7, 11) is -2.11. The molecule has 7 nitrogen and oxygen atoms in total. The number of amides is 1. The summed E-state index contributed by atoms with van der Waals surface area (Å²) in [6.45, 7) is 8.07. The minimum atomic E-state index is -3.89. The van der Waals surface area contributed by atoms with Crippen molar-refractivity contribution in [2.24, 2.45) is 17.8 Å². The van der Waals surface area contributed by atoms with Gasteiger partial charge in [-0.1, -0.05) is 39.0 Å². The fraction of sp³-hybridized carbons (Fsp3) is 0.654. The Morgan fingerprint density at radius 3 is 2.59 bits per heavy atom. The van der Waals surface area contributed by atoms with Crippen molar-refractivity contribution in [3.63, 3.8) is 0 Å². The zero-order valence-corrected chi connectivity index (χ0v) is 21.8. The average Bonchev–Trinajstić information content (AvgIpc) is 2.74. The van der Waals surface area contributed by atoms with E-state index in [1.165, 1.54) is 10.4 Å². The predicted octanol–water partition coefficient (Wildman–Crippen LogP) is 3.11. The first-order valence-electron chi connectivity index (χ1n) is 12.2. The first-order valence-corrected chi connectivity index (χ1v) is 13.7. The molecule has 3 rings (SSSR count). The second-order valence-electron chi connectivity index (χ2n) is 10.1. The lowest BCUT2D eigenvalue weighted by Crippen LogP contribution is -2.50. The first kappa shape index (κ1) is 26.5. The van der Waals surface area contributed by atoms with Crippen molar-refractivity contribution in [1.29, 1.82) is 0 Å². The maximum absolute atomic E-state index is 13.5. The average molecular weight is 491 g/mol. The van der Waals surface area contributed by atoms with Gasteiger partial charge < -0.3 is 14.7 Å². The number of aliphatic hydroxyl groups is 1. The van der Waals surface area contributed by atoms with Gasteiger partial charge in [-0.15, -0.1) is 0 Å². The fourth-order valence-electron chi connectivity index (χ4n) is 4.21. The van der Waals surface area contributed by atoms with Gasteiger partial charge in [0.1, 0.15) is 16.7 Å². The lowest BCUT2D eigenvalue weighted by atomic mass is 9.84. The largest absolute Gasteiger partial charge is 0.487 e. The number of nitrogens with zero attached hydrogens (tertiary/aromatic N) is 2. The maximum Gasteiger partial charge on any atom is 0.247 e. The van der Waals surface area contributed by atoms with Crippen LogP contribution >= 0.6 is 0 Å². The van der Waals surface area contributed by atoms with Gasteiger partial charge in [-0.3, -0.25) is 4.79 Å². The molecule has 0 spiro atoms. The maximum atomic E-state index is 13.5. The molecule has 1 aliphatic heterocycles. The molecule has 0 unspecified atom stereocenters. The highest BCUT2D eigenvalue weighted by Crippen LogP contribution is 2.34. The Labute approximate surface area is 204 Å². The number of hydrogen-bond acceptors (Lipinski definition) is 5. The van der Waals surface area contributed by atoms with Gasteiger partial charge >= 0.3 is 0 Å². The van der Waals surface area contributed by atoms with Crippen molar-refractivity contribution in [2.45, 2.75) is 70.4 Å². The van der Waals surface area contributed by atoms with Crippen molar-refractivity contribution in [3.05, 3.63) is 23.8 Å². The minimum Gasteiger partial charge on any atom is -0.487 e. The summed E-state index contributed by atoms with van der Waals surface area (Å²) in [5.74, 6) is 6.92. The van der Waals surface area contributed by atoms with Gasteiger partial charge in [0.15, 0.2) is 0 Å². The van der Waals surface area contributed by atoms with Crippen LogP contribution in [0.4, 0.5) is 0 Å². The highest BCUT2D eigenvalue weighted by molar-refractivity contribution is 7.89. The molecule has 0 saturated heterocycles. The van der Waals surface area contributed by atoms with E-state index in [9.17, 15) is 18.3 Å². The number of carbonyl (C=O) groups is 1. The predicted molar refractivity (Wildman–Crippen MR) is 132 cm³/mol. The van der Waals surface area contributed by atoms with Crippen LogP contribution in [0.5, 0.6) is 5.75 Å². The van der Waals surface area contributed by atoms with E-state index in [2.05, 4.69) is 25.7 Å². The molecule has 3 atom stereocenters. The van der Waals surface area contributed by atoms with Gasteiger partial charge in [0.25, 0.3) is 0 Å². The Hall–Kier alpha value is -2.08. The molecule has 1 heterocycles. The van der Waals surface area contributed by atoms with E-state index in [-0.39, 0.29) is 41.5 Å². The quantitative estimate of drug-likeness (QED) is 0.619. The van der Waals surface area contributed by atoms with Crippen molar-refractivity contribution in [2.75, 3.05) is 26.7 Å². The van der Waals surface area contributed by atoms with Crippen LogP contribution in [0.2, 0.25) is 0 Å². The van der Waals surface area contributed by atoms with Gasteiger partial charge in [0.2, 0.25) is 15.9 Å². The normalized spacial score (nSPS) is 23.4. The lowest BCUT2D eigenvalue weighted by molar-refractivity contribution is -0.138. The van der Waals surface area contributed by atoms with Crippen molar-refractivity contribution in [1.82, 2.24) is 9.21 Å². The molecule has 1 aromatic carbocycles. The Morgan fingerprint density at radius 1 is 1.29 bits per heavy atom. The number of aliphatic hydroxyl groups excluding tert-OH is 1. The standard InChI is InChI=1S/C26H38N2O5S/c1-18(2)8-6-9-21-12-13-25-23(14-21)33-24(16-27(5)26(30)22-10-7-11-22)19(3)15-28(20(4)17-29)34(25,31)32/h12-14,18-20,22,24,29H,7-8,10-11,15-17H2,1-5H3/t19-,20+,24+/m0/s1. The van der Waals surface area contributed by atoms with Crippen molar-refractivity contribution < 1.29 is 23.1 Å². The first-order chi connectivity index (χ1) is 16.0. The Bertz CT molecular complexity index is 1040. The topological polar surface area (TPSA) is 87.2 Å². The molecular formula is C26H38N2O5S. The summed E-state index contributed by atoms with van der Waals surface area (Å²) < 4.78 is 34.8. The summed E-state index contributed by atoms with van der Waals surface area (Å²) in [5.41, 5.74) is 0.683. The SMILES string of the molecule is CC(C)CC#Cc1ccc2c(c1)O[C@H](CN(C)C(=O)C1CCC1)[C@@H](C)CN([C@H](C)CO)S2(=O)=O. The number of carbonyl (C=O) groups excluding carboxylic acids is 1. The third-order valence-electron chi connectivity index (χ3n) is 6.69. The monoisotopic (exact) mass is 490 g/mol. The van der Waals surface area contributed by atoms with Crippen LogP contribution in [-0.2, 0) is 14.8 Å². The lowest BCUT2D eigenvalue weighted by Gasteiger charge is -2.38. The van der Waals surface area contributed by atoms with Crippen LogP contribution in [0, 0.1) is 29.6 Å². The van der Waals surface area contributed by atoms with E-state index >= 15 is 0 Å². The molecule has 2 aliphatic rings. The summed E-state index contributed by atoms with van der Waals surface area (Å²) in [5, 5.41) is 9.77. The highest BCUT2D eigenvalue weighted by atomic mass is 32.2. The summed E-state index contributed by atoms with van der Waals surface area (Å²) in [4.78, 5) is 14.5. The molecule has 34 heavy (non-hydrogen) atoms. The highest BCUT2D eigenvalue weighted by Gasteiger charge is 2.39. The molecule has 1 saturated carbocycles.